The molecule has 3 aromatic rings. The highest BCUT2D eigenvalue weighted by Crippen LogP contribution is 2.24. The Hall–Kier alpha value is -2.14. The predicted molar refractivity (Wildman–Crippen MR) is 125 cm³/mol. The van der Waals surface area contributed by atoms with Gasteiger partial charge in [0.2, 0.25) is 10.0 Å². The molecule has 0 aliphatic rings. The van der Waals surface area contributed by atoms with Gasteiger partial charge in [0.25, 0.3) is 0 Å². The molecule has 0 fully saturated rings. The second-order valence-corrected chi connectivity index (χ2v) is 9.85. The van der Waals surface area contributed by atoms with Crippen LogP contribution in [0.5, 0.6) is 0 Å². The molecule has 3 aromatic carbocycles. The molecule has 0 heterocycles. The molecule has 0 aliphatic heterocycles. The van der Waals surface area contributed by atoms with Crippen LogP contribution in [0.3, 0.4) is 0 Å². The van der Waals surface area contributed by atoms with Crippen molar-refractivity contribution in [1.29, 1.82) is 0 Å². The summed E-state index contributed by atoms with van der Waals surface area (Å²) in [5.41, 5.74) is 3.47. The molecular formula is C25H28ClNO2S. The first-order chi connectivity index (χ1) is 14.4. The number of hydrogen-bond acceptors (Lipinski definition) is 2. The van der Waals surface area contributed by atoms with E-state index in [0.29, 0.717) is 16.5 Å². The van der Waals surface area contributed by atoms with Crippen LogP contribution in [0.15, 0.2) is 83.8 Å². The van der Waals surface area contributed by atoms with Gasteiger partial charge in [-0.15, -0.1) is 0 Å². The van der Waals surface area contributed by atoms with Gasteiger partial charge in [-0.1, -0.05) is 78.2 Å². The van der Waals surface area contributed by atoms with Gasteiger partial charge in [0.1, 0.15) is 0 Å². The third-order valence-corrected chi connectivity index (χ3v) is 6.99. The highest BCUT2D eigenvalue weighted by molar-refractivity contribution is 7.89. The smallest absolute Gasteiger partial charge is 0.211 e. The van der Waals surface area contributed by atoms with Gasteiger partial charge in [0, 0.05) is 11.6 Å². The van der Waals surface area contributed by atoms with Gasteiger partial charge < -0.3 is 0 Å². The van der Waals surface area contributed by atoms with E-state index in [1.54, 1.807) is 12.1 Å². The number of sulfonamides is 1. The molecule has 0 spiro atoms. The molecule has 158 valence electrons. The number of halogens is 1. The Balaban J connectivity index is 1.63. The van der Waals surface area contributed by atoms with E-state index in [0.717, 1.165) is 36.8 Å². The van der Waals surface area contributed by atoms with Gasteiger partial charge in [0.05, 0.1) is 4.90 Å². The first kappa shape index (κ1) is 22.5. The largest absolute Gasteiger partial charge is 0.240 e. The molecule has 30 heavy (non-hydrogen) atoms. The Morgan fingerprint density at radius 1 is 0.867 bits per heavy atom. The van der Waals surface area contributed by atoms with Crippen molar-refractivity contribution >= 4 is 21.6 Å². The van der Waals surface area contributed by atoms with Crippen molar-refractivity contribution in [2.45, 2.75) is 43.4 Å². The second-order valence-electron chi connectivity index (χ2n) is 7.64. The van der Waals surface area contributed by atoms with Crippen molar-refractivity contribution < 1.29 is 8.42 Å². The van der Waals surface area contributed by atoms with Crippen LogP contribution in [0.2, 0.25) is 5.02 Å². The van der Waals surface area contributed by atoms with E-state index < -0.39 is 10.0 Å². The van der Waals surface area contributed by atoms with Crippen molar-refractivity contribution in [3.8, 4) is 0 Å². The van der Waals surface area contributed by atoms with Gasteiger partial charge in [-0.05, 0) is 67.5 Å². The SMILES string of the molecule is Cc1ccc(S(=O)(=O)NCC(CCCCc2ccccc2)c2ccc(Cl)cc2)cc1. The molecule has 0 aromatic heterocycles. The van der Waals surface area contributed by atoms with Crippen molar-refractivity contribution in [2.75, 3.05) is 6.54 Å². The molecule has 5 heteroatoms. The molecule has 0 aliphatic carbocycles. The third kappa shape index (κ3) is 6.69. The topological polar surface area (TPSA) is 46.2 Å². The Labute approximate surface area is 185 Å². The lowest BCUT2D eigenvalue weighted by atomic mass is 9.93. The molecule has 0 radical (unpaired) electrons. The van der Waals surface area contributed by atoms with E-state index in [4.69, 9.17) is 11.6 Å². The fraction of sp³-hybridized carbons (Fsp3) is 0.280. The Morgan fingerprint density at radius 2 is 1.53 bits per heavy atom. The molecule has 0 saturated carbocycles. The molecule has 1 N–H and O–H groups in total. The number of aryl methyl sites for hydroxylation is 2. The maximum atomic E-state index is 12.7. The van der Waals surface area contributed by atoms with Crippen molar-refractivity contribution in [2.24, 2.45) is 0 Å². The zero-order valence-corrected chi connectivity index (χ0v) is 18.8. The molecule has 1 atom stereocenters. The van der Waals surface area contributed by atoms with E-state index >= 15 is 0 Å². The summed E-state index contributed by atoms with van der Waals surface area (Å²) in [6.07, 6.45) is 4.03. The quantitative estimate of drug-likeness (QED) is 0.385. The number of nitrogens with one attached hydrogen (secondary N) is 1. The lowest BCUT2D eigenvalue weighted by molar-refractivity contribution is 0.540. The standard InChI is InChI=1S/C25H28ClNO2S/c1-20-11-17-25(18-12-20)30(28,29)27-19-23(22-13-15-24(26)16-14-22)10-6-5-9-21-7-3-2-4-8-21/h2-4,7-8,11-18,23,27H,5-6,9-10,19H2,1H3. The summed E-state index contributed by atoms with van der Waals surface area (Å²) < 4.78 is 28.2. The number of unbranched alkanes of at least 4 members (excludes halogenated alkanes) is 1. The van der Waals surface area contributed by atoms with Crippen LogP contribution in [0.4, 0.5) is 0 Å². The van der Waals surface area contributed by atoms with Crippen LogP contribution in [-0.2, 0) is 16.4 Å². The summed E-state index contributed by atoms with van der Waals surface area (Å²) in [4.78, 5) is 0.298. The van der Waals surface area contributed by atoms with E-state index in [1.807, 2.05) is 49.4 Å². The van der Waals surface area contributed by atoms with Crippen molar-refractivity contribution in [1.82, 2.24) is 4.72 Å². The van der Waals surface area contributed by atoms with E-state index in [2.05, 4.69) is 29.0 Å². The van der Waals surface area contributed by atoms with Gasteiger partial charge >= 0.3 is 0 Å². The molecule has 0 bridgehead atoms. The highest BCUT2D eigenvalue weighted by atomic mass is 35.5. The van der Waals surface area contributed by atoms with Crippen LogP contribution in [0.1, 0.15) is 41.9 Å². The lowest BCUT2D eigenvalue weighted by Crippen LogP contribution is -2.28. The summed E-state index contributed by atoms with van der Waals surface area (Å²) in [5, 5.41) is 0.682. The Kier molecular flexibility index (Phi) is 8.08. The van der Waals surface area contributed by atoms with Crippen LogP contribution in [-0.4, -0.2) is 15.0 Å². The van der Waals surface area contributed by atoms with Crippen LogP contribution >= 0.6 is 11.6 Å². The van der Waals surface area contributed by atoms with Crippen LogP contribution < -0.4 is 4.72 Å². The molecule has 3 nitrogen and oxygen atoms in total. The summed E-state index contributed by atoms with van der Waals surface area (Å²) in [5.74, 6) is 0.0956. The molecular weight excluding hydrogens is 414 g/mol. The molecule has 0 amide bonds. The van der Waals surface area contributed by atoms with E-state index in [9.17, 15) is 8.42 Å². The van der Waals surface area contributed by atoms with Gasteiger partial charge in [0.15, 0.2) is 0 Å². The summed E-state index contributed by atoms with van der Waals surface area (Å²) in [6, 6.07) is 25.1. The zero-order chi connectivity index (χ0) is 21.4. The zero-order valence-electron chi connectivity index (χ0n) is 17.2. The molecule has 3 rings (SSSR count). The first-order valence-electron chi connectivity index (χ1n) is 10.3. The highest BCUT2D eigenvalue weighted by Gasteiger charge is 2.18. The molecule has 1 unspecified atom stereocenters. The third-order valence-electron chi connectivity index (χ3n) is 5.30. The van der Waals surface area contributed by atoms with Gasteiger partial charge in [-0.25, -0.2) is 13.1 Å². The minimum atomic E-state index is -3.54. The van der Waals surface area contributed by atoms with Crippen molar-refractivity contribution in [3.63, 3.8) is 0 Å². The van der Waals surface area contributed by atoms with Gasteiger partial charge in [-0.2, -0.15) is 0 Å². The maximum Gasteiger partial charge on any atom is 0.240 e. The molecule has 0 saturated heterocycles. The average Bonchev–Trinajstić information content (AvgIpc) is 2.75. The normalized spacial score (nSPS) is 12.6. The Bertz CT molecular complexity index is 1020. The predicted octanol–water partition coefficient (Wildman–Crippen LogP) is 6.12. The van der Waals surface area contributed by atoms with Crippen LogP contribution in [0, 0.1) is 6.92 Å². The minimum absolute atomic E-state index is 0.0956. The maximum absolute atomic E-state index is 12.7. The summed E-state index contributed by atoms with van der Waals surface area (Å²) in [6.45, 7) is 2.30. The fourth-order valence-corrected chi connectivity index (χ4v) is 4.70. The monoisotopic (exact) mass is 441 g/mol. The average molecular weight is 442 g/mol. The first-order valence-corrected chi connectivity index (χ1v) is 12.2. The number of rotatable bonds is 10. The van der Waals surface area contributed by atoms with Crippen molar-refractivity contribution in [3.05, 3.63) is 101 Å². The van der Waals surface area contributed by atoms with E-state index in [1.165, 1.54) is 5.56 Å². The Morgan fingerprint density at radius 3 is 2.20 bits per heavy atom. The minimum Gasteiger partial charge on any atom is -0.211 e. The fourth-order valence-electron chi connectivity index (χ4n) is 3.50. The number of hydrogen-bond donors (Lipinski definition) is 1. The number of benzene rings is 3. The van der Waals surface area contributed by atoms with Crippen LogP contribution in [0.25, 0.3) is 0 Å². The van der Waals surface area contributed by atoms with Gasteiger partial charge in [-0.3, -0.25) is 0 Å². The second kappa shape index (κ2) is 10.8. The summed E-state index contributed by atoms with van der Waals surface area (Å²) in [7, 11) is -3.54. The van der Waals surface area contributed by atoms with E-state index in [-0.39, 0.29) is 5.92 Å². The lowest BCUT2D eigenvalue weighted by Gasteiger charge is -2.19. The summed E-state index contributed by atoms with van der Waals surface area (Å²) >= 11 is 6.04.